The first-order valence-corrected chi connectivity index (χ1v) is 13.5. The molecule has 1 N–H and O–H groups in total. The van der Waals surface area contributed by atoms with E-state index in [4.69, 9.17) is 0 Å². The van der Waals surface area contributed by atoms with Gasteiger partial charge in [0.15, 0.2) is 0 Å². The first-order chi connectivity index (χ1) is 18.1. The van der Waals surface area contributed by atoms with Crippen LogP contribution >= 0.6 is 0 Å². The molecule has 0 amide bonds. The SMILES string of the molecule is CCCCC1(CCCC)c2ccccc2-c2ccc(N(c3ccccc3)c3cccc(C(=O)O)c3)cc21. The number of hydrogen-bond acceptors (Lipinski definition) is 2. The Hall–Kier alpha value is -3.85. The summed E-state index contributed by atoms with van der Waals surface area (Å²) in [5.41, 5.74) is 8.74. The summed E-state index contributed by atoms with van der Waals surface area (Å²) in [5.74, 6) is -0.919. The van der Waals surface area contributed by atoms with Gasteiger partial charge in [-0.3, -0.25) is 0 Å². The van der Waals surface area contributed by atoms with Crippen LogP contribution in [-0.4, -0.2) is 11.1 Å². The van der Waals surface area contributed by atoms with E-state index in [1.54, 1.807) is 12.1 Å². The van der Waals surface area contributed by atoms with E-state index in [9.17, 15) is 9.90 Å². The molecular weight excluding hydrogens is 454 g/mol. The van der Waals surface area contributed by atoms with Crippen LogP contribution in [0.5, 0.6) is 0 Å². The molecule has 0 saturated carbocycles. The van der Waals surface area contributed by atoms with Gasteiger partial charge in [-0.2, -0.15) is 0 Å². The van der Waals surface area contributed by atoms with Crippen LogP contribution in [0.4, 0.5) is 17.1 Å². The lowest BCUT2D eigenvalue weighted by atomic mass is 9.71. The Morgan fingerprint density at radius 1 is 0.676 bits per heavy atom. The van der Waals surface area contributed by atoms with Crippen LogP contribution in [0, 0.1) is 0 Å². The molecule has 0 bridgehead atoms. The predicted octanol–water partition coefficient (Wildman–Crippen LogP) is 9.50. The zero-order chi connectivity index (χ0) is 25.8. The minimum absolute atomic E-state index is 0.000767. The Kier molecular flexibility index (Phi) is 7.14. The second kappa shape index (κ2) is 10.6. The molecular formula is C34H35NO2. The van der Waals surface area contributed by atoms with Crippen LogP contribution < -0.4 is 4.90 Å². The van der Waals surface area contributed by atoms with Crippen LogP contribution in [0.1, 0.15) is 73.9 Å². The molecule has 188 valence electrons. The molecule has 37 heavy (non-hydrogen) atoms. The lowest BCUT2D eigenvalue weighted by Gasteiger charge is -2.34. The lowest BCUT2D eigenvalue weighted by Crippen LogP contribution is -2.25. The molecule has 0 fully saturated rings. The average molecular weight is 490 g/mol. The van der Waals surface area contributed by atoms with Crippen molar-refractivity contribution in [2.45, 2.75) is 57.8 Å². The summed E-state index contributed by atoms with van der Waals surface area (Å²) in [6.07, 6.45) is 6.98. The topological polar surface area (TPSA) is 40.5 Å². The van der Waals surface area contributed by atoms with Crippen molar-refractivity contribution in [3.63, 3.8) is 0 Å². The van der Waals surface area contributed by atoms with E-state index >= 15 is 0 Å². The van der Waals surface area contributed by atoms with Gasteiger partial charge in [-0.1, -0.05) is 94.1 Å². The van der Waals surface area contributed by atoms with Crippen LogP contribution in [0.2, 0.25) is 0 Å². The number of benzene rings is 4. The van der Waals surface area contributed by atoms with E-state index in [1.165, 1.54) is 47.9 Å². The Bertz CT molecular complexity index is 1380. The molecule has 4 aromatic carbocycles. The molecule has 0 aliphatic heterocycles. The summed E-state index contributed by atoms with van der Waals surface area (Å²) in [6, 6.07) is 33.2. The van der Waals surface area contributed by atoms with Gasteiger partial charge in [-0.25, -0.2) is 4.79 Å². The maximum absolute atomic E-state index is 11.8. The summed E-state index contributed by atoms with van der Waals surface area (Å²) < 4.78 is 0. The fourth-order valence-electron chi connectivity index (χ4n) is 6.01. The van der Waals surface area contributed by atoms with Crippen LogP contribution in [0.3, 0.4) is 0 Å². The van der Waals surface area contributed by atoms with Crippen molar-refractivity contribution in [2.75, 3.05) is 4.90 Å². The van der Waals surface area contributed by atoms with E-state index in [0.717, 1.165) is 29.9 Å². The summed E-state index contributed by atoms with van der Waals surface area (Å²) in [4.78, 5) is 14.0. The van der Waals surface area contributed by atoms with Gasteiger partial charge in [-0.15, -0.1) is 0 Å². The second-order valence-electron chi connectivity index (χ2n) is 10.1. The molecule has 0 atom stereocenters. The number of aromatic carboxylic acids is 1. The van der Waals surface area contributed by atoms with Gasteiger partial charge in [0.1, 0.15) is 0 Å². The number of carboxylic acid groups (broad SMARTS) is 1. The Morgan fingerprint density at radius 3 is 2.00 bits per heavy atom. The molecule has 5 rings (SSSR count). The third-order valence-corrected chi connectivity index (χ3v) is 7.79. The van der Waals surface area contributed by atoms with Crippen molar-refractivity contribution in [1.29, 1.82) is 0 Å². The van der Waals surface area contributed by atoms with Gasteiger partial charge >= 0.3 is 5.97 Å². The van der Waals surface area contributed by atoms with Gasteiger partial charge in [0.25, 0.3) is 0 Å². The predicted molar refractivity (Wildman–Crippen MR) is 153 cm³/mol. The molecule has 0 spiro atoms. The number of nitrogens with zero attached hydrogens (tertiary/aromatic N) is 1. The fourth-order valence-corrected chi connectivity index (χ4v) is 6.01. The molecule has 0 heterocycles. The molecule has 3 nitrogen and oxygen atoms in total. The normalized spacial score (nSPS) is 13.1. The third-order valence-electron chi connectivity index (χ3n) is 7.79. The number of para-hydroxylation sites is 1. The third kappa shape index (κ3) is 4.55. The molecule has 1 aliphatic rings. The second-order valence-corrected chi connectivity index (χ2v) is 10.1. The van der Waals surface area contributed by atoms with E-state index in [-0.39, 0.29) is 11.0 Å². The molecule has 0 aromatic heterocycles. The molecule has 0 radical (unpaired) electrons. The summed E-state index contributed by atoms with van der Waals surface area (Å²) in [7, 11) is 0. The standard InChI is InChI=1S/C34H35NO2/c1-3-5-21-34(22-6-4-2)31-18-11-10-17-29(31)30-20-19-28(24-32(30)34)35(26-14-8-7-9-15-26)27-16-12-13-25(23-27)33(36)37/h7-20,23-24H,3-6,21-22H2,1-2H3,(H,36,37). The maximum Gasteiger partial charge on any atom is 0.335 e. The Labute approximate surface area is 220 Å². The molecule has 0 saturated heterocycles. The van der Waals surface area contributed by atoms with Crippen molar-refractivity contribution in [3.05, 3.63) is 114 Å². The lowest BCUT2D eigenvalue weighted by molar-refractivity contribution is 0.0697. The van der Waals surface area contributed by atoms with Crippen molar-refractivity contribution in [1.82, 2.24) is 0 Å². The number of carbonyl (C=O) groups is 1. The van der Waals surface area contributed by atoms with Crippen molar-refractivity contribution in [2.24, 2.45) is 0 Å². The molecule has 0 unspecified atom stereocenters. The summed E-state index contributed by atoms with van der Waals surface area (Å²) >= 11 is 0. The minimum atomic E-state index is -0.919. The number of unbranched alkanes of at least 4 members (excludes halogenated alkanes) is 2. The van der Waals surface area contributed by atoms with E-state index in [2.05, 4.69) is 73.3 Å². The number of fused-ring (bicyclic) bond motifs is 3. The molecule has 4 aromatic rings. The van der Waals surface area contributed by atoms with E-state index in [1.807, 2.05) is 30.3 Å². The monoisotopic (exact) mass is 489 g/mol. The van der Waals surface area contributed by atoms with Gasteiger partial charge in [0, 0.05) is 22.5 Å². The minimum Gasteiger partial charge on any atom is -0.478 e. The molecule has 3 heteroatoms. The first kappa shape index (κ1) is 24.8. The smallest absolute Gasteiger partial charge is 0.335 e. The average Bonchev–Trinajstić information content (AvgIpc) is 3.21. The van der Waals surface area contributed by atoms with Crippen molar-refractivity contribution < 1.29 is 9.90 Å². The van der Waals surface area contributed by atoms with E-state index in [0.29, 0.717) is 0 Å². The molecule has 1 aliphatic carbocycles. The number of hydrogen-bond donors (Lipinski definition) is 1. The Morgan fingerprint density at radius 2 is 1.30 bits per heavy atom. The maximum atomic E-state index is 11.8. The van der Waals surface area contributed by atoms with Gasteiger partial charge < -0.3 is 10.0 Å². The van der Waals surface area contributed by atoms with Gasteiger partial charge in [-0.05, 0) is 77.6 Å². The summed E-state index contributed by atoms with van der Waals surface area (Å²) in [5, 5.41) is 9.67. The first-order valence-electron chi connectivity index (χ1n) is 13.5. The fraction of sp³-hybridized carbons (Fsp3) is 0.265. The number of anilines is 3. The zero-order valence-corrected chi connectivity index (χ0v) is 21.8. The van der Waals surface area contributed by atoms with Crippen LogP contribution in [0.25, 0.3) is 11.1 Å². The highest BCUT2D eigenvalue weighted by Crippen LogP contribution is 2.55. The number of rotatable bonds is 10. The van der Waals surface area contributed by atoms with E-state index < -0.39 is 5.97 Å². The zero-order valence-electron chi connectivity index (χ0n) is 21.8. The highest BCUT2D eigenvalue weighted by molar-refractivity contribution is 5.91. The van der Waals surface area contributed by atoms with Crippen molar-refractivity contribution >= 4 is 23.0 Å². The number of carboxylic acids is 1. The largest absolute Gasteiger partial charge is 0.478 e. The van der Waals surface area contributed by atoms with Gasteiger partial charge in [0.05, 0.1) is 5.56 Å². The van der Waals surface area contributed by atoms with Gasteiger partial charge in [0.2, 0.25) is 0 Å². The summed E-state index contributed by atoms with van der Waals surface area (Å²) in [6.45, 7) is 4.55. The van der Waals surface area contributed by atoms with Crippen LogP contribution in [-0.2, 0) is 5.41 Å². The van der Waals surface area contributed by atoms with Crippen molar-refractivity contribution in [3.8, 4) is 11.1 Å². The van der Waals surface area contributed by atoms with Crippen LogP contribution in [0.15, 0.2) is 97.1 Å². The Balaban J connectivity index is 1.71. The quantitative estimate of drug-likeness (QED) is 0.241. The highest BCUT2D eigenvalue weighted by Gasteiger charge is 2.42. The highest BCUT2D eigenvalue weighted by atomic mass is 16.4.